The number of carbonyl (C=O) groups is 2. The highest BCUT2D eigenvalue weighted by atomic mass is 32.1. The summed E-state index contributed by atoms with van der Waals surface area (Å²) in [5.41, 5.74) is -2.42. The largest absolute Gasteiger partial charge is 0.573 e. The molecule has 0 bridgehead atoms. The highest BCUT2D eigenvalue weighted by molar-refractivity contribution is 7.14. The number of benzene rings is 2. The molecule has 1 aliphatic carbocycles. The summed E-state index contributed by atoms with van der Waals surface area (Å²) in [5, 5.41) is 17.5. The van der Waals surface area contributed by atoms with Crippen LogP contribution in [0.2, 0.25) is 0 Å². The highest BCUT2D eigenvalue weighted by Gasteiger charge is 2.68. The summed E-state index contributed by atoms with van der Waals surface area (Å²) in [4.78, 5) is 31.5. The van der Waals surface area contributed by atoms with Crippen LogP contribution in [0, 0.1) is 11.6 Å². The van der Waals surface area contributed by atoms with Gasteiger partial charge in [0.2, 0.25) is 5.88 Å². The summed E-state index contributed by atoms with van der Waals surface area (Å²) >= 11 is 0.848. The Hall–Kier alpha value is -4.87. The Bertz CT molecular complexity index is 1840. The molecule has 1 saturated heterocycles. The molecule has 9 nitrogen and oxygen atoms in total. The molecule has 1 aliphatic heterocycles. The van der Waals surface area contributed by atoms with Gasteiger partial charge in [-0.1, -0.05) is 35.6 Å². The van der Waals surface area contributed by atoms with Crippen molar-refractivity contribution in [3.8, 4) is 33.5 Å². The molecule has 2 aliphatic rings. The number of rotatable bonds is 7. The average molecular weight is 672 g/mol. The van der Waals surface area contributed by atoms with Crippen molar-refractivity contribution in [3.05, 3.63) is 76.8 Å². The molecular weight excluding hydrogens is 654 g/mol. The van der Waals surface area contributed by atoms with Crippen LogP contribution in [-0.2, 0) is 11.3 Å². The number of imide groups is 1. The molecule has 1 saturated carbocycles. The van der Waals surface area contributed by atoms with E-state index >= 15 is 4.39 Å². The Morgan fingerprint density at radius 3 is 2.17 bits per heavy atom. The van der Waals surface area contributed by atoms with Crippen LogP contribution in [0.5, 0.6) is 11.6 Å². The molecule has 2 aromatic heterocycles. The maximum absolute atomic E-state index is 15.4. The van der Waals surface area contributed by atoms with E-state index in [1.807, 2.05) is 0 Å². The van der Waals surface area contributed by atoms with Gasteiger partial charge in [0.1, 0.15) is 27.8 Å². The number of alkyl halides is 6. The molecule has 3 amide bonds. The van der Waals surface area contributed by atoms with Crippen LogP contribution in [0.1, 0.15) is 29.5 Å². The first-order valence-corrected chi connectivity index (χ1v) is 13.9. The maximum Gasteiger partial charge on any atom is 0.573 e. The summed E-state index contributed by atoms with van der Waals surface area (Å²) in [5.74, 6) is -5.02. The van der Waals surface area contributed by atoms with Gasteiger partial charge in [0.25, 0.3) is 5.91 Å². The highest BCUT2D eigenvalue weighted by Crippen LogP contribution is 2.53. The fourth-order valence-electron chi connectivity index (χ4n) is 5.13. The average Bonchev–Trinajstić information content (AvgIpc) is 3.60. The fraction of sp³-hybridized carbons (Fsp3) is 0.250. The van der Waals surface area contributed by atoms with Gasteiger partial charge in [0.15, 0.2) is 16.9 Å². The number of hydrogen-bond donors (Lipinski definition) is 1. The van der Waals surface area contributed by atoms with Crippen molar-refractivity contribution >= 4 is 23.3 Å². The summed E-state index contributed by atoms with van der Waals surface area (Å²) in [6.07, 6.45) is -10.2. The third kappa shape index (κ3) is 5.67. The normalized spacial score (nSPS) is 16.8. The molecule has 2 aromatic carbocycles. The smallest absolute Gasteiger partial charge is 0.491 e. The van der Waals surface area contributed by atoms with E-state index in [2.05, 4.69) is 19.9 Å². The van der Waals surface area contributed by atoms with Gasteiger partial charge in [-0.3, -0.25) is 4.79 Å². The maximum atomic E-state index is 15.4. The third-order valence-corrected chi connectivity index (χ3v) is 8.32. The van der Waals surface area contributed by atoms with Gasteiger partial charge in [-0.15, -0.1) is 23.4 Å². The summed E-state index contributed by atoms with van der Waals surface area (Å²) in [6, 6.07) is 4.55. The Morgan fingerprint density at radius 1 is 0.913 bits per heavy atom. The van der Waals surface area contributed by atoms with Crippen LogP contribution >= 0.6 is 11.3 Å². The van der Waals surface area contributed by atoms with Gasteiger partial charge in [-0.05, 0) is 54.3 Å². The second-order valence-electron chi connectivity index (χ2n) is 10.3. The van der Waals surface area contributed by atoms with Crippen LogP contribution in [0.25, 0.3) is 21.8 Å². The van der Waals surface area contributed by atoms with E-state index < -0.39 is 71.4 Å². The number of aromatic hydroxyl groups is 1. The first-order chi connectivity index (χ1) is 21.6. The number of pyridine rings is 1. The number of aromatic nitrogens is 3. The molecule has 4 aromatic rings. The van der Waals surface area contributed by atoms with E-state index in [1.165, 1.54) is 6.07 Å². The molecule has 0 radical (unpaired) electrons. The Balaban J connectivity index is 1.27. The molecule has 1 unspecified atom stereocenters. The molecular formula is C28H17F8N5O4S. The van der Waals surface area contributed by atoms with Crippen molar-refractivity contribution < 1.29 is 54.6 Å². The summed E-state index contributed by atoms with van der Waals surface area (Å²) < 4.78 is 114. The zero-order chi connectivity index (χ0) is 33.2. The van der Waals surface area contributed by atoms with Crippen molar-refractivity contribution in [1.82, 2.24) is 25.0 Å². The standard InChI is InChI=1S/C28H17F8N5O4S/c29-17-7-8-19(37-22(17)42)23-39-38-20(46-23)12-40-25(44)41(24(43)26(40)9-10-26)21(27(31,32)33)16-6-3-14(11-18(16)30)13-1-4-15(5-2-13)45-28(34,35)36/h1-8,11,21H,9-10,12H2,(H,37,42). The van der Waals surface area contributed by atoms with Crippen LogP contribution in [-0.4, -0.2) is 60.1 Å². The lowest BCUT2D eigenvalue weighted by atomic mass is 9.98. The van der Waals surface area contributed by atoms with E-state index in [9.17, 15) is 45.4 Å². The van der Waals surface area contributed by atoms with Crippen LogP contribution < -0.4 is 4.74 Å². The topological polar surface area (TPSA) is 109 Å². The number of halogens is 8. The van der Waals surface area contributed by atoms with Gasteiger partial charge in [0.05, 0.1) is 6.54 Å². The number of urea groups is 1. The number of carbonyl (C=O) groups excluding carboxylic acids is 2. The van der Waals surface area contributed by atoms with Gasteiger partial charge in [-0.25, -0.2) is 23.5 Å². The number of nitrogens with zero attached hydrogens (tertiary/aromatic N) is 5. The molecule has 3 heterocycles. The second kappa shape index (κ2) is 10.9. The lowest BCUT2D eigenvalue weighted by Crippen LogP contribution is -2.43. The van der Waals surface area contributed by atoms with Crippen molar-refractivity contribution in [3.63, 3.8) is 0 Å². The minimum absolute atomic E-state index is 0.0103. The SMILES string of the molecule is O=C1N(C(c2ccc(-c3ccc(OC(F)(F)F)cc3)cc2F)C(F)(F)F)C(=O)C2(CC2)N1Cc1nnc(-c2ccc(F)c(O)n2)s1. The van der Waals surface area contributed by atoms with Crippen LogP contribution in [0.4, 0.5) is 39.9 Å². The van der Waals surface area contributed by atoms with Crippen molar-refractivity contribution in [2.45, 2.75) is 43.5 Å². The van der Waals surface area contributed by atoms with Crippen molar-refractivity contribution in [2.75, 3.05) is 0 Å². The monoisotopic (exact) mass is 671 g/mol. The third-order valence-electron chi connectivity index (χ3n) is 7.39. The molecule has 1 atom stereocenters. The molecule has 240 valence electrons. The van der Waals surface area contributed by atoms with Crippen LogP contribution in [0.15, 0.2) is 54.6 Å². The van der Waals surface area contributed by atoms with Gasteiger partial charge < -0.3 is 14.7 Å². The van der Waals surface area contributed by atoms with Crippen LogP contribution in [0.3, 0.4) is 0 Å². The van der Waals surface area contributed by atoms with E-state index in [1.54, 1.807) is 0 Å². The molecule has 46 heavy (non-hydrogen) atoms. The van der Waals surface area contributed by atoms with E-state index in [4.69, 9.17) is 0 Å². The zero-order valence-electron chi connectivity index (χ0n) is 22.7. The Labute approximate surface area is 256 Å². The number of hydrogen-bond acceptors (Lipinski definition) is 8. The fourth-order valence-corrected chi connectivity index (χ4v) is 5.93. The van der Waals surface area contributed by atoms with Gasteiger partial charge >= 0.3 is 18.6 Å². The molecule has 1 spiro atoms. The zero-order valence-corrected chi connectivity index (χ0v) is 23.6. The molecule has 2 fully saturated rings. The van der Waals surface area contributed by atoms with E-state index in [-0.39, 0.29) is 44.6 Å². The van der Waals surface area contributed by atoms with Crippen molar-refractivity contribution in [2.24, 2.45) is 0 Å². The van der Waals surface area contributed by atoms with E-state index in [0.29, 0.717) is 6.07 Å². The number of ether oxygens (including phenoxy) is 1. The molecule has 18 heteroatoms. The minimum atomic E-state index is -5.30. The van der Waals surface area contributed by atoms with Gasteiger partial charge in [0, 0.05) is 5.56 Å². The lowest BCUT2D eigenvalue weighted by molar-refractivity contribution is -0.274. The molecule has 6 rings (SSSR count). The Morgan fingerprint density at radius 2 is 1.59 bits per heavy atom. The van der Waals surface area contributed by atoms with E-state index in [0.717, 1.165) is 58.7 Å². The van der Waals surface area contributed by atoms with Crippen molar-refractivity contribution in [1.29, 1.82) is 0 Å². The predicted molar refractivity (Wildman–Crippen MR) is 142 cm³/mol. The predicted octanol–water partition coefficient (Wildman–Crippen LogP) is 6.75. The summed E-state index contributed by atoms with van der Waals surface area (Å²) in [7, 11) is 0. The first kappa shape index (κ1) is 31.1. The molecule has 1 N–H and O–H groups in total. The number of amides is 3. The first-order valence-electron chi connectivity index (χ1n) is 13.1. The Kier molecular flexibility index (Phi) is 7.37. The second-order valence-corrected chi connectivity index (χ2v) is 11.4. The summed E-state index contributed by atoms with van der Waals surface area (Å²) in [6.45, 7) is -0.425. The minimum Gasteiger partial charge on any atom is -0.491 e. The lowest BCUT2D eigenvalue weighted by Gasteiger charge is -2.29. The van der Waals surface area contributed by atoms with Gasteiger partial charge in [-0.2, -0.15) is 13.2 Å². The quantitative estimate of drug-likeness (QED) is 0.171.